The number of esters is 1. The van der Waals surface area contributed by atoms with Crippen LogP contribution in [0.1, 0.15) is 45.2 Å². The molecule has 0 amide bonds. The molecule has 7 rings (SSSR count). The molecule has 9 heteroatoms. The zero-order valence-corrected chi connectivity index (χ0v) is 16.0. The van der Waals surface area contributed by atoms with Gasteiger partial charge in [-0.15, -0.1) is 0 Å². The maximum absolute atomic E-state index is 12.8. The molecule has 2 spiro atoms. The molecule has 9 nitrogen and oxygen atoms in total. The lowest BCUT2D eigenvalue weighted by atomic mass is 9.77. The third-order valence-corrected chi connectivity index (χ3v) is 6.47. The van der Waals surface area contributed by atoms with E-state index >= 15 is 0 Å². The number of ether oxygens (including phenoxy) is 5. The van der Waals surface area contributed by atoms with E-state index in [1.54, 1.807) is 18.2 Å². The van der Waals surface area contributed by atoms with Crippen molar-refractivity contribution < 1.29 is 43.2 Å². The minimum Gasteiger partial charge on any atom is -0.507 e. The molecular formula is C22H14O9. The first-order chi connectivity index (χ1) is 14.9. The summed E-state index contributed by atoms with van der Waals surface area (Å²) in [6, 6.07) is 7.82. The van der Waals surface area contributed by atoms with Gasteiger partial charge in [0.25, 0.3) is 11.6 Å². The highest BCUT2D eigenvalue weighted by molar-refractivity contribution is 6.07. The van der Waals surface area contributed by atoms with E-state index in [-0.39, 0.29) is 40.6 Å². The Kier molecular flexibility index (Phi) is 2.82. The predicted octanol–water partition coefficient (Wildman–Crippen LogP) is 1.68. The summed E-state index contributed by atoms with van der Waals surface area (Å²) in [5, 5.41) is 10.4. The van der Waals surface area contributed by atoms with Crippen LogP contribution in [0.3, 0.4) is 0 Å². The zero-order valence-electron chi connectivity index (χ0n) is 16.0. The number of hydrogen-bond acceptors (Lipinski definition) is 9. The molecule has 2 aliphatic carbocycles. The SMILES string of the molecule is CC(=O)O[C@@H]1CC(=O)c2cccc3c2[C@@]12Oc1ccc(O)c4c1[C@@](O3)(O2)[C@@H]1O[C@@H]1C4=O. The van der Waals surface area contributed by atoms with Crippen molar-refractivity contribution in [3.05, 3.63) is 52.6 Å². The van der Waals surface area contributed by atoms with Crippen LogP contribution in [0.15, 0.2) is 30.3 Å². The van der Waals surface area contributed by atoms with E-state index in [9.17, 15) is 19.5 Å². The molecule has 0 radical (unpaired) electrons. The van der Waals surface area contributed by atoms with Gasteiger partial charge >= 0.3 is 5.97 Å². The molecule has 3 aliphatic heterocycles. The summed E-state index contributed by atoms with van der Waals surface area (Å²) < 4.78 is 30.3. The van der Waals surface area contributed by atoms with Crippen LogP contribution in [0.4, 0.5) is 0 Å². The van der Waals surface area contributed by atoms with Crippen molar-refractivity contribution in [2.45, 2.75) is 43.2 Å². The number of fused-ring (bicyclic) bond motifs is 1. The first kappa shape index (κ1) is 17.3. The quantitative estimate of drug-likeness (QED) is 0.540. The second-order valence-corrected chi connectivity index (χ2v) is 8.22. The van der Waals surface area contributed by atoms with Crippen LogP contribution < -0.4 is 9.47 Å². The van der Waals surface area contributed by atoms with Gasteiger partial charge in [-0.05, 0) is 18.2 Å². The number of phenols is 1. The molecule has 1 saturated heterocycles. The lowest BCUT2D eigenvalue weighted by molar-refractivity contribution is -0.388. The van der Waals surface area contributed by atoms with E-state index in [0.717, 1.165) is 0 Å². The van der Waals surface area contributed by atoms with Crippen LogP contribution in [0, 0.1) is 0 Å². The average Bonchev–Trinajstić information content (AvgIpc) is 3.53. The summed E-state index contributed by atoms with van der Waals surface area (Å²) in [5.74, 6) is -4.21. The van der Waals surface area contributed by atoms with Crippen molar-refractivity contribution in [3.8, 4) is 17.2 Å². The first-order valence-electron chi connectivity index (χ1n) is 9.84. The van der Waals surface area contributed by atoms with Crippen LogP contribution >= 0.6 is 0 Å². The Labute approximate surface area is 174 Å². The number of carbonyl (C=O) groups excluding carboxylic acids is 3. The number of carbonyl (C=O) groups is 3. The third-order valence-electron chi connectivity index (χ3n) is 6.47. The summed E-state index contributed by atoms with van der Waals surface area (Å²) in [4.78, 5) is 37.5. The van der Waals surface area contributed by atoms with Gasteiger partial charge in [-0.25, -0.2) is 0 Å². The van der Waals surface area contributed by atoms with E-state index in [2.05, 4.69) is 0 Å². The average molecular weight is 422 g/mol. The molecule has 156 valence electrons. The third kappa shape index (κ3) is 1.83. The molecule has 5 aliphatic rings. The number of Topliss-reactive ketones (excluding diaryl/α,β-unsaturated/α-hetero) is 2. The van der Waals surface area contributed by atoms with Crippen molar-refractivity contribution in [2.75, 3.05) is 0 Å². The van der Waals surface area contributed by atoms with E-state index < -0.39 is 35.9 Å². The monoisotopic (exact) mass is 422 g/mol. The second-order valence-electron chi connectivity index (χ2n) is 8.22. The van der Waals surface area contributed by atoms with Crippen LogP contribution in [0.25, 0.3) is 0 Å². The Morgan fingerprint density at radius 2 is 1.87 bits per heavy atom. The van der Waals surface area contributed by atoms with Crippen molar-refractivity contribution >= 4 is 17.5 Å². The fraction of sp³-hybridized carbons (Fsp3) is 0.318. The van der Waals surface area contributed by atoms with Gasteiger partial charge in [-0.3, -0.25) is 19.1 Å². The van der Waals surface area contributed by atoms with Gasteiger partial charge < -0.3 is 24.1 Å². The topological polar surface area (TPSA) is 121 Å². The fourth-order valence-electron chi connectivity index (χ4n) is 5.28. The van der Waals surface area contributed by atoms with E-state index in [1.807, 2.05) is 0 Å². The number of benzene rings is 2. The Morgan fingerprint density at radius 3 is 2.68 bits per heavy atom. The highest BCUT2D eigenvalue weighted by Crippen LogP contribution is 2.65. The van der Waals surface area contributed by atoms with Gasteiger partial charge in [-0.1, -0.05) is 12.1 Å². The lowest BCUT2D eigenvalue weighted by Gasteiger charge is -2.55. The molecule has 1 N–H and O–H groups in total. The highest BCUT2D eigenvalue weighted by Gasteiger charge is 2.76. The molecule has 0 aromatic heterocycles. The molecule has 5 atom stereocenters. The molecule has 2 aromatic rings. The molecule has 31 heavy (non-hydrogen) atoms. The van der Waals surface area contributed by atoms with E-state index in [4.69, 9.17) is 23.7 Å². The molecule has 3 heterocycles. The van der Waals surface area contributed by atoms with Gasteiger partial charge in [0.15, 0.2) is 29.9 Å². The van der Waals surface area contributed by atoms with Crippen LogP contribution in [0.5, 0.6) is 17.2 Å². The van der Waals surface area contributed by atoms with Gasteiger partial charge in [-0.2, -0.15) is 0 Å². The Hall–Kier alpha value is -3.43. The van der Waals surface area contributed by atoms with Gasteiger partial charge in [0.1, 0.15) is 17.2 Å². The molecular weight excluding hydrogens is 408 g/mol. The largest absolute Gasteiger partial charge is 0.507 e. The number of ketones is 2. The molecule has 2 aromatic carbocycles. The van der Waals surface area contributed by atoms with Crippen molar-refractivity contribution in [2.24, 2.45) is 0 Å². The smallest absolute Gasteiger partial charge is 0.303 e. The lowest BCUT2D eigenvalue weighted by Crippen LogP contribution is -2.66. The number of hydrogen-bond donors (Lipinski definition) is 1. The van der Waals surface area contributed by atoms with Crippen LogP contribution in [-0.4, -0.2) is 41.0 Å². The van der Waals surface area contributed by atoms with Crippen LogP contribution in [0.2, 0.25) is 0 Å². The number of epoxide rings is 1. The minimum absolute atomic E-state index is 0.0154. The van der Waals surface area contributed by atoms with Crippen molar-refractivity contribution in [3.63, 3.8) is 0 Å². The maximum Gasteiger partial charge on any atom is 0.303 e. The van der Waals surface area contributed by atoms with Crippen molar-refractivity contribution in [1.29, 1.82) is 0 Å². The Morgan fingerprint density at radius 1 is 1.10 bits per heavy atom. The first-order valence-corrected chi connectivity index (χ1v) is 9.84. The Balaban J connectivity index is 1.57. The summed E-state index contributed by atoms with van der Waals surface area (Å²) in [5.41, 5.74) is 0.925. The Bertz CT molecular complexity index is 1270. The van der Waals surface area contributed by atoms with Gasteiger partial charge in [0, 0.05) is 12.5 Å². The highest BCUT2D eigenvalue weighted by atomic mass is 16.8. The summed E-state index contributed by atoms with van der Waals surface area (Å²) >= 11 is 0. The summed E-state index contributed by atoms with van der Waals surface area (Å²) in [6.45, 7) is 1.24. The predicted molar refractivity (Wildman–Crippen MR) is 97.7 cm³/mol. The normalized spacial score (nSPS) is 35.1. The van der Waals surface area contributed by atoms with E-state index in [0.29, 0.717) is 16.9 Å². The summed E-state index contributed by atoms with van der Waals surface area (Å²) in [7, 11) is 0. The summed E-state index contributed by atoms with van der Waals surface area (Å²) in [6.07, 6.45) is -2.86. The van der Waals surface area contributed by atoms with Crippen molar-refractivity contribution in [1.82, 2.24) is 0 Å². The van der Waals surface area contributed by atoms with Gasteiger partial charge in [0.05, 0.1) is 23.1 Å². The molecule has 0 unspecified atom stereocenters. The zero-order chi connectivity index (χ0) is 21.3. The van der Waals surface area contributed by atoms with Gasteiger partial charge in [0.2, 0.25) is 0 Å². The maximum atomic E-state index is 12.8. The van der Waals surface area contributed by atoms with E-state index in [1.165, 1.54) is 19.1 Å². The second kappa shape index (κ2) is 5.06. The minimum atomic E-state index is -1.68. The number of phenolic OH excluding ortho intramolecular Hbond substituents is 1. The molecule has 0 saturated carbocycles. The molecule has 2 bridgehead atoms. The number of aromatic hydroxyl groups is 1. The standard InChI is InChI=1S/C22H14O9/c1-8(23)27-14-7-11(25)9-3-2-4-12-16(9)21(14)29-13-6-5-10(24)15-17(13)22(30-12,31-21)20-19(28-20)18(15)26/h2-6,14,19-20,24H,7H2,1H3/t14-,19-,20-,21-,22-/m1/s1. The fourth-order valence-corrected chi connectivity index (χ4v) is 5.28. The van der Waals surface area contributed by atoms with Crippen LogP contribution in [-0.2, 0) is 30.6 Å². The number of rotatable bonds is 1. The molecule has 1 fully saturated rings.